The van der Waals surface area contributed by atoms with Crippen molar-refractivity contribution in [1.82, 2.24) is 25.0 Å². The summed E-state index contributed by atoms with van der Waals surface area (Å²) in [6, 6.07) is 8.05. The lowest BCUT2D eigenvalue weighted by Gasteiger charge is -2.16. The van der Waals surface area contributed by atoms with Crippen LogP contribution in [0.4, 0.5) is 0 Å². The van der Waals surface area contributed by atoms with Gasteiger partial charge in [0.05, 0.1) is 17.0 Å². The molecule has 26 heavy (non-hydrogen) atoms. The fourth-order valence-electron chi connectivity index (χ4n) is 3.95. The number of H-pyrrole nitrogens is 4. The molecule has 3 aromatic heterocycles. The third-order valence-corrected chi connectivity index (χ3v) is 5.34. The Morgan fingerprint density at radius 2 is 1.35 bits per heavy atom. The van der Waals surface area contributed by atoms with Gasteiger partial charge in [-0.3, -0.25) is 19.8 Å². The number of hydrogen-bond donors (Lipinski definition) is 4. The Morgan fingerprint density at radius 3 is 1.85 bits per heavy atom. The summed E-state index contributed by atoms with van der Waals surface area (Å²) in [6.45, 7) is 5.71. The second kappa shape index (κ2) is 5.66. The molecule has 3 heterocycles. The SMILES string of the molecule is Cc1[nH][nH]c(=O)c1C(c1c(C)[nH][nH]c1=O)c1c(C)n(C)c2ccccc12. The second-order valence-corrected chi connectivity index (χ2v) is 6.74. The van der Waals surface area contributed by atoms with Gasteiger partial charge in [0, 0.05) is 35.0 Å². The third-order valence-electron chi connectivity index (χ3n) is 5.34. The molecule has 0 aliphatic carbocycles. The molecule has 0 radical (unpaired) electrons. The number of nitrogens with one attached hydrogen (secondary N) is 4. The lowest BCUT2D eigenvalue weighted by atomic mass is 9.84. The van der Waals surface area contributed by atoms with Crippen molar-refractivity contribution in [3.63, 3.8) is 0 Å². The fourth-order valence-corrected chi connectivity index (χ4v) is 3.95. The molecule has 0 saturated heterocycles. The van der Waals surface area contributed by atoms with Crippen LogP contribution in [0.1, 0.15) is 39.7 Å². The number of fused-ring (bicyclic) bond motifs is 1. The van der Waals surface area contributed by atoms with Crippen molar-refractivity contribution >= 4 is 10.9 Å². The molecule has 0 bridgehead atoms. The summed E-state index contributed by atoms with van der Waals surface area (Å²) in [7, 11) is 2.00. The van der Waals surface area contributed by atoms with E-state index in [0.717, 1.165) is 33.5 Å². The molecule has 1 aromatic carbocycles. The number of para-hydroxylation sites is 1. The lowest BCUT2D eigenvalue weighted by molar-refractivity contribution is 0.866. The van der Waals surface area contributed by atoms with Crippen molar-refractivity contribution in [3.05, 3.63) is 78.7 Å². The van der Waals surface area contributed by atoms with Gasteiger partial charge in [0.1, 0.15) is 0 Å². The highest BCUT2D eigenvalue weighted by Crippen LogP contribution is 2.38. The normalized spacial score (nSPS) is 11.7. The zero-order valence-corrected chi connectivity index (χ0v) is 15.2. The van der Waals surface area contributed by atoms with Gasteiger partial charge in [-0.05, 0) is 32.4 Å². The molecule has 4 aromatic rings. The predicted molar refractivity (Wildman–Crippen MR) is 101 cm³/mol. The summed E-state index contributed by atoms with van der Waals surface area (Å²) in [6.07, 6.45) is 0. The molecule has 7 nitrogen and oxygen atoms in total. The Bertz CT molecular complexity index is 1180. The topological polar surface area (TPSA) is 102 Å². The van der Waals surface area contributed by atoms with Crippen molar-refractivity contribution < 1.29 is 0 Å². The van der Waals surface area contributed by atoms with Crippen molar-refractivity contribution in [3.8, 4) is 0 Å². The molecule has 0 unspecified atom stereocenters. The number of aromatic amines is 4. The van der Waals surface area contributed by atoms with Crippen LogP contribution in [0.25, 0.3) is 10.9 Å². The summed E-state index contributed by atoms with van der Waals surface area (Å²) in [5, 5.41) is 12.1. The highest BCUT2D eigenvalue weighted by Gasteiger charge is 2.31. The van der Waals surface area contributed by atoms with Crippen LogP contribution in [-0.2, 0) is 7.05 Å². The highest BCUT2D eigenvalue weighted by atomic mass is 16.1. The van der Waals surface area contributed by atoms with Gasteiger partial charge in [-0.15, -0.1) is 0 Å². The molecular weight excluding hydrogens is 330 g/mol. The van der Waals surface area contributed by atoms with E-state index in [1.54, 1.807) is 0 Å². The van der Waals surface area contributed by atoms with Crippen molar-refractivity contribution in [2.75, 3.05) is 0 Å². The van der Waals surface area contributed by atoms with E-state index in [2.05, 4.69) is 25.0 Å². The highest BCUT2D eigenvalue weighted by molar-refractivity contribution is 5.87. The van der Waals surface area contributed by atoms with Crippen LogP contribution in [0, 0.1) is 20.8 Å². The molecule has 4 N–H and O–H groups in total. The first-order chi connectivity index (χ1) is 12.4. The zero-order valence-electron chi connectivity index (χ0n) is 15.2. The summed E-state index contributed by atoms with van der Waals surface area (Å²) >= 11 is 0. The van der Waals surface area contributed by atoms with E-state index in [1.807, 2.05) is 52.1 Å². The Kier molecular flexibility index (Phi) is 3.54. The van der Waals surface area contributed by atoms with Crippen molar-refractivity contribution in [2.45, 2.75) is 26.7 Å². The molecule has 0 amide bonds. The molecule has 7 heteroatoms. The number of aromatic nitrogens is 5. The monoisotopic (exact) mass is 351 g/mol. The first kappa shape index (κ1) is 16.3. The van der Waals surface area contributed by atoms with E-state index in [0.29, 0.717) is 11.1 Å². The molecule has 0 aliphatic rings. The van der Waals surface area contributed by atoms with Gasteiger partial charge in [0.2, 0.25) is 0 Å². The van der Waals surface area contributed by atoms with Gasteiger partial charge in [-0.2, -0.15) is 0 Å². The van der Waals surface area contributed by atoms with Gasteiger partial charge in [0.15, 0.2) is 0 Å². The summed E-state index contributed by atoms with van der Waals surface area (Å²) in [5.74, 6) is -0.467. The third kappa shape index (κ3) is 2.13. The molecule has 0 spiro atoms. The number of hydrogen-bond acceptors (Lipinski definition) is 2. The molecule has 0 atom stereocenters. The van der Waals surface area contributed by atoms with Crippen LogP contribution in [0.5, 0.6) is 0 Å². The maximum Gasteiger partial charge on any atom is 0.268 e. The van der Waals surface area contributed by atoms with E-state index in [9.17, 15) is 9.59 Å². The number of nitrogens with zero attached hydrogens (tertiary/aromatic N) is 1. The summed E-state index contributed by atoms with van der Waals surface area (Å²) < 4.78 is 2.10. The van der Waals surface area contributed by atoms with E-state index in [1.165, 1.54) is 0 Å². The average Bonchev–Trinajstić information content (AvgIpc) is 3.21. The van der Waals surface area contributed by atoms with Gasteiger partial charge in [0.25, 0.3) is 11.1 Å². The lowest BCUT2D eigenvalue weighted by Crippen LogP contribution is -2.21. The quantitative estimate of drug-likeness (QED) is 0.455. The smallest absolute Gasteiger partial charge is 0.268 e. The number of aryl methyl sites for hydroxylation is 3. The molecule has 0 fully saturated rings. The van der Waals surface area contributed by atoms with E-state index < -0.39 is 5.92 Å². The standard InChI is InChI=1S/C19H21N5O2/c1-9-14(18(25)22-20-9)17(15-10(2)21-23-19(15)26)16-11(3)24(4)13-8-6-5-7-12(13)16/h5-8,17H,1-4H3,(H2,20,22,25)(H2,21,23,26). The largest absolute Gasteiger partial charge is 0.348 e. The van der Waals surface area contributed by atoms with E-state index in [4.69, 9.17) is 0 Å². The van der Waals surface area contributed by atoms with Crippen molar-refractivity contribution in [1.29, 1.82) is 0 Å². The first-order valence-electron chi connectivity index (χ1n) is 8.50. The van der Waals surface area contributed by atoms with Gasteiger partial charge >= 0.3 is 0 Å². The van der Waals surface area contributed by atoms with E-state index in [-0.39, 0.29) is 11.1 Å². The molecule has 4 rings (SSSR count). The summed E-state index contributed by atoms with van der Waals surface area (Å²) in [5.41, 5.74) is 5.24. The number of benzene rings is 1. The van der Waals surface area contributed by atoms with Crippen LogP contribution in [0.3, 0.4) is 0 Å². The molecular formula is C19H21N5O2. The Hall–Kier alpha value is -3.22. The van der Waals surface area contributed by atoms with Gasteiger partial charge in [-0.25, -0.2) is 0 Å². The number of rotatable bonds is 3. The minimum atomic E-state index is -0.467. The maximum atomic E-state index is 12.6. The van der Waals surface area contributed by atoms with Crippen LogP contribution < -0.4 is 11.1 Å². The first-order valence-corrected chi connectivity index (χ1v) is 8.50. The van der Waals surface area contributed by atoms with Crippen LogP contribution in [0.2, 0.25) is 0 Å². The Morgan fingerprint density at radius 1 is 0.808 bits per heavy atom. The van der Waals surface area contributed by atoms with Crippen molar-refractivity contribution in [2.24, 2.45) is 7.05 Å². The minimum Gasteiger partial charge on any atom is -0.348 e. The average molecular weight is 351 g/mol. The fraction of sp³-hybridized carbons (Fsp3) is 0.263. The molecule has 0 aliphatic heterocycles. The van der Waals surface area contributed by atoms with Gasteiger partial charge < -0.3 is 14.8 Å². The maximum absolute atomic E-state index is 12.6. The van der Waals surface area contributed by atoms with Crippen LogP contribution in [0.15, 0.2) is 33.9 Å². The second-order valence-electron chi connectivity index (χ2n) is 6.74. The van der Waals surface area contributed by atoms with Gasteiger partial charge in [-0.1, -0.05) is 18.2 Å². The van der Waals surface area contributed by atoms with E-state index >= 15 is 0 Å². The Labute approximate surface area is 149 Å². The van der Waals surface area contributed by atoms with Crippen LogP contribution in [-0.4, -0.2) is 25.0 Å². The van der Waals surface area contributed by atoms with Crippen LogP contribution >= 0.6 is 0 Å². The molecule has 0 saturated carbocycles. The Balaban J connectivity index is 2.17. The summed E-state index contributed by atoms with van der Waals surface area (Å²) in [4.78, 5) is 25.2. The molecule has 134 valence electrons. The minimum absolute atomic E-state index is 0.208. The predicted octanol–water partition coefficient (Wildman–Crippen LogP) is 2.32. The zero-order chi connectivity index (χ0) is 18.6.